The highest BCUT2D eigenvalue weighted by Crippen LogP contribution is 2.18. The molecule has 0 aromatic heterocycles. The molecule has 1 fully saturated rings. The molecular formula is C13H18N2O3. The summed E-state index contributed by atoms with van der Waals surface area (Å²) >= 11 is 0. The van der Waals surface area contributed by atoms with Crippen molar-refractivity contribution < 1.29 is 15.0 Å². The molecule has 0 bridgehead atoms. The lowest BCUT2D eigenvalue weighted by Crippen LogP contribution is -2.45. The molecule has 2 rings (SSSR count). The predicted molar refractivity (Wildman–Crippen MR) is 67.5 cm³/mol. The number of aromatic hydroxyl groups is 1. The molecule has 18 heavy (non-hydrogen) atoms. The van der Waals surface area contributed by atoms with Crippen LogP contribution in [0.25, 0.3) is 0 Å². The van der Waals surface area contributed by atoms with Crippen LogP contribution in [0.3, 0.4) is 0 Å². The Morgan fingerprint density at radius 1 is 1.56 bits per heavy atom. The van der Waals surface area contributed by atoms with E-state index < -0.39 is 5.60 Å². The molecule has 0 spiro atoms. The maximum absolute atomic E-state index is 12.1. The van der Waals surface area contributed by atoms with Gasteiger partial charge in [0.05, 0.1) is 12.1 Å². The third-order valence-electron chi connectivity index (χ3n) is 3.19. The van der Waals surface area contributed by atoms with Crippen molar-refractivity contribution in [2.45, 2.75) is 12.0 Å². The largest absolute Gasteiger partial charge is 0.508 e. The molecule has 0 radical (unpaired) electrons. The van der Waals surface area contributed by atoms with Crippen LogP contribution in [0.2, 0.25) is 0 Å². The van der Waals surface area contributed by atoms with Crippen molar-refractivity contribution in [3.8, 4) is 5.75 Å². The van der Waals surface area contributed by atoms with Crippen LogP contribution >= 0.6 is 0 Å². The van der Waals surface area contributed by atoms with Gasteiger partial charge >= 0.3 is 0 Å². The number of nitrogens with zero attached hydrogens (tertiary/aromatic N) is 1. The van der Waals surface area contributed by atoms with E-state index in [1.807, 2.05) is 0 Å². The van der Waals surface area contributed by atoms with Crippen molar-refractivity contribution in [1.29, 1.82) is 0 Å². The van der Waals surface area contributed by atoms with E-state index in [0.29, 0.717) is 18.5 Å². The minimum Gasteiger partial charge on any atom is -0.508 e. The highest BCUT2D eigenvalue weighted by molar-refractivity contribution is 5.94. The summed E-state index contributed by atoms with van der Waals surface area (Å²) in [5.74, 6) is -0.137. The van der Waals surface area contributed by atoms with Gasteiger partial charge in [-0.2, -0.15) is 0 Å². The van der Waals surface area contributed by atoms with Crippen molar-refractivity contribution in [2.24, 2.45) is 0 Å². The zero-order valence-corrected chi connectivity index (χ0v) is 10.4. The Labute approximate surface area is 106 Å². The molecule has 5 nitrogen and oxygen atoms in total. The van der Waals surface area contributed by atoms with E-state index in [9.17, 15) is 15.0 Å². The number of phenolic OH excluding ortho intramolecular Hbond substituents is 1. The van der Waals surface area contributed by atoms with Gasteiger partial charge in [0.1, 0.15) is 5.75 Å². The highest BCUT2D eigenvalue weighted by atomic mass is 16.3. The first-order valence-electron chi connectivity index (χ1n) is 5.98. The van der Waals surface area contributed by atoms with Gasteiger partial charge in [0, 0.05) is 19.2 Å². The normalized spacial score (nSPS) is 23.0. The molecule has 1 amide bonds. The zero-order valence-electron chi connectivity index (χ0n) is 10.4. The van der Waals surface area contributed by atoms with Crippen LogP contribution in [0, 0.1) is 0 Å². The molecule has 1 unspecified atom stereocenters. The van der Waals surface area contributed by atoms with Crippen molar-refractivity contribution in [2.75, 3.05) is 26.7 Å². The maximum atomic E-state index is 12.1. The zero-order chi connectivity index (χ0) is 13.2. The molecule has 1 aromatic carbocycles. The van der Waals surface area contributed by atoms with Gasteiger partial charge in [0.15, 0.2) is 0 Å². The summed E-state index contributed by atoms with van der Waals surface area (Å²) in [6, 6.07) is 6.22. The van der Waals surface area contributed by atoms with E-state index in [2.05, 4.69) is 5.32 Å². The fraction of sp³-hybridized carbons (Fsp3) is 0.462. The van der Waals surface area contributed by atoms with Gasteiger partial charge in [-0.3, -0.25) is 4.79 Å². The molecule has 1 aromatic rings. The topological polar surface area (TPSA) is 72.8 Å². The van der Waals surface area contributed by atoms with E-state index in [1.165, 1.54) is 17.0 Å². The number of carbonyl (C=O) groups is 1. The number of phenols is 1. The SMILES string of the molecule is CN(CC1(O)CCNC1)C(=O)c1cccc(O)c1. The van der Waals surface area contributed by atoms with Crippen molar-refractivity contribution >= 4 is 5.91 Å². The Morgan fingerprint density at radius 2 is 2.33 bits per heavy atom. The summed E-state index contributed by atoms with van der Waals surface area (Å²) in [4.78, 5) is 13.6. The first-order valence-corrected chi connectivity index (χ1v) is 5.98. The average molecular weight is 250 g/mol. The third-order valence-corrected chi connectivity index (χ3v) is 3.19. The third kappa shape index (κ3) is 2.80. The van der Waals surface area contributed by atoms with Crippen LogP contribution in [-0.4, -0.2) is 53.3 Å². The lowest BCUT2D eigenvalue weighted by molar-refractivity contribution is 0.0252. The van der Waals surface area contributed by atoms with Crippen molar-refractivity contribution in [3.05, 3.63) is 29.8 Å². The Morgan fingerprint density at radius 3 is 2.94 bits per heavy atom. The summed E-state index contributed by atoms with van der Waals surface area (Å²) in [7, 11) is 1.66. The second-order valence-corrected chi connectivity index (χ2v) is 4.86. The molecule has 98 valence electrons. The van der Waals surface area contributed by atoms with Gasteiger partial charge < -0.3 is 20.4 Å². The number of rotatable bonds is 3. The van der Waals surface area contributed by atoms with E-state index >= 15 is 0 Å². The van der Waals surface area contributed by atoms with E-state index in [4.69, 9.17) is 0 Å². The number of benzene rings is 1. The first kappa shape index (κ1) is 12.9. The van der Waals surface area contributed by atoms with E-state index in [1.54, 1.807) is 19.2 Å². The molecule has 0 saturated carbocycles. The van der Waals surface area contributed by atoms with Crippen LogP contribution in [-0.2, 0) is 0 Å². The van der Waals surface area contributed by atoms with Gasteiger partial charge in [-0.15, -0.1) is 0 Å². The average Bonchev–Trinajstić information content (AvgIpc) is 2.74. The minimum absolute atomic E-state index is 0.0653. The fourth-order valence-electron chi connectivity index (χ4n) is 2.24. The van der Waals surface area contributed by atoms with Crippen LogP contribution in [0.1, 0.15) is 16.8 Å². The molecular weight excluding hydrogens is 232 g/mol. The summed E-state index contributed by atoms with van der Waals surface area (Å²) in [6.45, 7) is 1.56. The molecule has 1 aliphatic heterocycles. The number of carbonyl (C=O) groups excluding carboxylic acids is 1. The second-order valence-electron chi connectivity index (χ2n) is 4.86. The van der Waals surface area contributed by atoms with Crippen LogP contribution in [0.4, 0.5) is 0 Å². The van der Waals surface area contributed by atoms with Crippen LogP contribution < -0.4 is 5.32 Å². The van der Waals surface area contributed by atoms with Gasteiger partial charge in [0.25, 0.3) is 5.91 Å². The second kappa shape index (κ2) is 4.96. The number of nitrogens with one attached hydrogen (secondary N) is 1. The Balaban J connectivity index is 2.04. The number of hydrogen-bond donors (Lipinski definition) is 3. The summed E-state index contributed by atoms with van der Waals surface area (Å²) in [5.41, 5.74) is -0.423. The van der Waals surface area contributed by atoms with Gasteiger partial charge in [0.2, 0.25) is 0 Å². The smallest absolute Gasteiger partial charge is 0.253 e. The maximum Gasteiger partial charge on any atom is 0.253 e. The number of likely N-dealkylation sites (N-methyl/N-ethyl adjacent to an activating group) is 1. The Hall–Kier alpha value is -1.59. The van der Waals surface area contributed by atoms with Gasteiger partial charge in [-0.1, -0.05) is 6.07 Å². The summed E-state index contributed by atoms with van der Waals surface area (Å²) in [6.07, 6.45) is 0.644. The number of aliphatic hydroxyl groups is 1. The number of amides is 1. The quantitative estimate of drug-likeness (QED) is 0.716. The highest BCUT2D eigenvalue weighted by Gasteiger charge is 2.33. The Kier molecular flexibility index (Phi) is 3.54. The number of β-amino-alcohol motifs (C(OH)–C–C–N with tert-alkyl or cyclic N) is 1. The van der Waals surface area contributed by atoms with Crippen LogP contribution in [0.5, 0.6) is 5.75 Å². The van der Waals surface area contributed by atoms with Crippen molar-refractivity contribution in [3.63, 3.8) is 0 Å². The standard InChI is InChI=1S/C13H18N2O3/c1-15(9-13(18)5-6-14-8-13)12(17)10-3-2-4-11(16)7-10/h2-4,7,14,16,18H,5-6,8-9H2,1H3. The van der Waals surface area contributed by atoms with Crippen molar-refractivity contribution in [1.82, 2.24) is 10.2 Å². The van der Waals surface area contributed by atoms with E-state index in [0.717, 1.165) is 6.54 Å². The molecule has 1 atom stereocenters. The lowest BCUT2D eigenvalue weighted by atomic mass is 10.0. The lowest BCUT2D eigenvalue weighted by Gasteiger charge is -2.28. The molecule has 3 N–H and O–H groups in total. The monoisotopic (exact) mass is 250 g/mol. The number of hydrogen-bond acceptors (Lipinski definition) is 4. The van der Waals surface area contributed by atoms with Crippen LogP contribution in [0.15, 0.2) is 24.3 Å². The molecule has 1 saturated heterocycles. The Bertz CT molecular complexity index is 442. The predicted octanol–water partition coefficient (Wildman–Crippen LogP) is 0.189. The van der Waals surface area contributed by atoms with E-state index in [-0.39, 0.29) is 18.2 Å². The molecule has 5 heteroatoms. The summed E-state index contributed by atoms with van der Waals surface area (Å²) < 4.78 is 0. The first-order chi connectivity index (χ1) is 8.50. The molecule has 1 heterocycles. The fourth-order valence-corrected chi connectivity index (χ4v) is 2.24. The molecule has 0 aliphatic carbocycles. The minimum atomic E-state index is -0.846. The summed E-state index contributed by atoms with van der Waals surface area (Å²) in [5, 5.41) is 22.6. The molecule has 1 aliphatic rings. The van der Waals surface area contributed by atoms with Gasteiger partial charge in [-0.25, -0.2) is 0 Å². The van der Waals surface area contributed by atoms with Gasteiger partial charge in [-0.05, 0) is 31.2 Å².